The van der Waals surface area contributed by atoms with Gasteiger partial charge in [0.05, 0.1) is 18.1 Å². The number of hydrogen-bond acceptors (Lipinski definition) is 4. The molecule has 4 aliphatic carbocycles. The van der Waals surface area contributed by atoms with E-state index in [1.165, 1.54) is 6.42 Å². The molecule has 25 heavy (non-hydrogen) atoms. The first-order chi connectivity index (χ1) is 12.1. The minimum atomic E-state index is -0.181. The van der Waals surface area contributed by atoms with Crippen LogP contribution in [0.1, 0.15) is 12.0 Å². The Morgan fingerprint density at radius 1 is 1.00 bits per heavy atom. The van der Waals surface area contributed by atoms with Gasteiger partial charge in [-0.1, -0.05) is 24.3 Å². The van der Waals surface area contributed by atoms with Gasteiger partial charge in [0.25, 0.3) is 11.8 Å². The summed E-state index contributed by atoms with van der Waals surface area (Å²) < 4.78 is 0. The van der Waals surface area contributed by atoms with E-state index in [1.54, 1.807) is 6.21 Å². The molecule has 0 radical (unpaired) electrons. The zero-order valence-electron chi connectivity index (χ0n) is 14.4. The lowest BCUT2D eigenvalue weighted by atomic mass is 9.63. The van der Waals surface area contributed by atoms with Crippen LogP contribution in [-0.2, 0) is 9.59 Å². The van der Waals surface area contributed by atoms with Crippen LogP contribution in [0.3, 0.4) is 0 Å². The third-order valence-electron chi connectivity index (χ3n) is 6.37. The van der Waals surface area contributed by atoms with E-state index in [4.69, 9.17) is 0 Å². The first-order valence-corrected chi connectivity index (χ1v) is 8.94. The predicted octanol–water partition coefficient (Wildman–Crippen LogP) is 2.14. The van der Waals surface area contributed by atoms with Gasteiger partial charge in [-0.3, -0.25) is 9.59 Å². The van der Waals surface area contributed by atoms with Crippen molar-refractivity contribution in [2.24, 2.45) is 40.6 Å². The number of anilines is 1. The molecular weight excluding hydrogens is 314 g/mol. The molecular formula is C20H21N3O2. The van der Waals surface area contributed by atoms with Gasteiger partial charge in [-0.2, -0.15) is 10.1 Å². The molecule has 1 aromatic carbocycles. The van der Waals surface area contributed by atoms with Gasteiger partial charge in [0, 0.05) is 19.8 Å². The molecule has 0 aromatic heterocycles. The molecule has 2 saturated carbocycles. The Balaban J connectivity index is 1.39. The summed E-state index contributed by atoms with van der Waals surface area (Å²) in [6.45, 7) is 0. The molecule has 1 aliphatic heterocycles. The molecule has 5 heteroatoms. The number of rotatable bonds is 3. The zero-order valence-corrected chi connectivity index (χ0v) is 14.4. The quantitative estimate of drug-likeness (QED) is 0.483. The molecule has 0 N–H and O–H groups in total. The van der Waals surface area contributed by atoms with Crippen molar-refractivity contribution in [3.8, 4) is 0 Å². The van der Waals surface area contributed by atoms with Crippen molar-refractivity contribution in [3.63, 3.8) is 0 Å². The van der Waals surface area contributed by atoms with E-state index in [0.717, 1.165) is 16.3 Å². The van der Waals surface area contributed by atoms with E-state index in [1.807, 2.05) is 43.3 Å². The fraction of sp³-hybridized carbons (Fsp3) is 0.450. The minimum Gasteiger partial charge on any atom is -0.378 e. The summed E-state index contributed by atoms with van der Waals surface area (Å²) in [5.74, 6) is 1.15. The monoisotopic (exact) mass is 335 g/mol. The summed E-state index contributed by atoms with van der Waals surface area (Å²) in [7, 11) is 3.97. The molecule has 128 valence electrons. The molecule has 2 amide bonds. The van der Waals surface area contributed by atoms with Crippen molar-refractivity contribution >= 4 is 23.7 Å². The highest BCUT2D eigenvalue weighted by molar-refractivity contribution is 6.06. The predicted molar refractivity (Wildman–Crippen MR) is 94.9 cm³/mol. The second kappa shape index (κ2) is 5.04. The molecule has 1 heterocycles. The van der Waals surface area contributed by atoms with Crippen LogP contribution in [-0.4, -0.2) is 37.1 Å². The number of amides is 2. The number of carbonyl (C=O) groups is 2. The number of benzene rings is 1. The van der Waals surface area contributed by atoms with E-state index in [9.17, 15) is 9.59 Å². The lowest BCUT2D eigenvalue weighted by Crippen LogP contribution is -2.40. The molecule has 1 aromatic rings. The van der Waals surface area contributed by atoms with E-state index in [-0.39, 0.29) is 35.5 Å². The van der Waals surface area contributed by atoms with Crippen molar-refractivity contribution in [1.29, 1.82) is 0 Å². The number of hydrogen-bond donors (Lipinski definition) is 0. The maximum absolute atomic E-state index is 12.8. The average molecular weight is 335 g/mol. The van der Waals surface area contributed by atoms with Gasteiger partial charge in [0.2, 0.25) is 0 Å². The van der Waals surface area contributed by atoms with Crippen LogP contribution >= 0.6 is 0 Å². The van der Waals surface area contributed by atoms with Gasteiger partial charge < -0.3 is 4.90 Å². The molecule has 0 spiro atoms. The first kappa shape index (κ1) is 14.9. The van der Waals surface area contributed by atoms with Crippen LogP contribution in [0.15, 0.2) is 41.5 Å². The van der Waals surface area contributed by atoms with E-state index in [2.05, 4.69) is 17.3 Å². The van der Waals surface area contributed by atoms with Crippen molar-refractivity contribution in [1.82, 2.24) is 5.01 Å². The topological polar surface area (TPSA) is 53.0 Å². The average Bonchev–Trinajstić information content (AvgIpc) is 3.39. The highest BCUT2D eigenvalue weighted by atomic mass is 16.2. The van der Waals surface area contributed by atoms with E-state index < -0.39 is 0 Å². The van der Waals surface area contributed by atoms with Crippen molar-refractivity contribution < 1.29 is 9.59 Å². The highest BCUT2D eigenvalue weighted by Crippen LogP contribution is 2.65. The largest absolute Gasteiger partial charge is 0.378 e. The van der Waals surface area contributed by atoms with Crippen LogP contribution in [0.4, 0.5) is 5.69 Å². The van der Waals surface area contributed by atoms with E-state index >= 15 is 0 Å². The lowest BCUT2D eigenvalue weighted by molar-refractivity contribution is -0.140. The fourth-order valence-electron chi connectivity index (χ4n) is 5.04. The maximum Gasteiger partial charge on any atom is 0.254 e. The third-order valence-corrected chi connectivity index (χ3v) is 6.37. The first-order valence-electron chi connectivity index (χ1n) is 8.94. The Hall–Kier alpha value is -2.43. The second-order valence-corrected chi connectivity index (χ2v) is 7.87. The Morgan fingerprint density at radius 2 is 1.56 bits per heavy atom. The fourth-order valence-corrected chi connectivity index (χ4v) is 5.04. The van der Waals surface area contributed by atoms with Gasteiger partial charge >= 0.3 is 0 Å². The molecule has 0 unspecified atom stereocenters. The van der Waals surface area contributed by atoms with E-state index in [0.29, 0.717) is 11.8 Å². The number of carbonyl (C=O) groups excluding carboxylic acids is 2. The summed E-state index contributed by atoms with van der Waals surface area (Å²) in [5, 5.41) is 5.39. The van der Waals surface area contributed by atoms with Crippen LogP contribution in [0.25, 0.3) is 0 Å². The van der Waals surface area contributed by atoms with Crippen molar-refractivity contribution in [2.75, 3.05) is 19.0 Å². The van der Waals surface area contributed by atoms with Gasteiger partial charge in [-0.05, 0) is 47.8 Å². The van der Waals surface area contributed by atoms with Crippen LogP contribution in [0.2, 0.25) is 0 Å². The van der Waals surface area contributed by atoms with Gasteiger partial charge in [0.15, 0.2) is 0 Å². The molecule has 5 aliphatic rings. The summed E-state index contributed by atoms with van der Waals surface area (Å²) in [4.78, 5) is 27.7. The Labute approximate surface area is 147 Å². The van der Waals surface area contributed by atoms with Crippen molar-refractivity contribution in [2.45, 2.75) is 6.42 Å². The van der Waals surface area contributed by atoms with Crippen LogP contribution < -0.4 is 4.90 Å². The zero-order chi connectivity index (χ0) is 17.3. The second-order valence-electron chi connectivity index (χ2n) is 7.87. The van der Waals surface area contributed by atoms with Gasteiger partial charge in [-0.15, -0.1) is 0 Å². The smallest absolute Gasteiger partial charge is 0.254 e. The van der Waals surface area contributed by atoms with Gasteiger partial charge in [0.1, 0.15) is 0 Å². The van der Waals surface area contributed by atoms with Gasteiger partial charge in [-0.25, -0.2) is 0 Å². The Kier molecular flexibility index (Phi) is 3.00. The SMILES string of the molecule is CN(C)c1ccc(C=NN2C(=O)[C@@H]3[C@H]4C=C[C@@H]([C@@H]5C[C@@H]45)[C@H]3C2=O)cc1. The molecule has 2 bridgehead atoms. The molecule has 6 atom stereocenters. The summed E-state index contributed by atoms with van der Waals surface area (Å²) in [5.41, 5.74) is 1.98. The van der Waals surface area contributed by atoms with Crippen molar-refractivity contribution in [3.05, 3.63) is 42.0 Å². The Morgan fingerprint density at radius 3 is 2.08 bits per heavy atom. The molecule has 3 fully saturated rings. The molecule has 5 nitrogen and oxygen atoms in total. The Bertz CT molecular complexity index is 775. The third kappa shape index (κ3) is 2.04. The summed E-state index contributed by atoms with van der Waals surface area (Å²) >= 11 is 0. The minimum absolute atomic E-state index is 0.110. The number of hydrazone groups is 1. The molecule has 6 rings (SSSR count). The summed E-state index contributed by atoms with van der Waals surface area (Å²) in [6.07, 6.45) is 7.15. The highest BCUT2D eigenvalue weighted by Gasteiger charge is 2.67. The standard InChI is InChI=1S/C20H21N3O2/c1-22(2)12-5-3-11(4-6-12)10-21-23-19(24)17-13-7-8-14(16-9-15(13)16)18(17)20(23)25/h3-8,10,13-18H,9H2,1-2H3/t13-,14-,15-,16-,17+,18+/m0/s1. The molecule has 1 saturated heterocycles. The number of allylic oxidation sites excluding steroid dienone is 2. The normalized spacial score (nSPS) is 37.6. The summed E-state index contributed by atoms with van der Waals surface area (Å²) in [6, 6.07) is 7.87. The lowest BCUT2D eigenvalue weighted by Gasteiger charge is -2.37. The van der Waals surface area contributed by atoms with Crippen LogP contribution in [0.5, 0.6) is 0 Å². The number of imide groups is 1. The number of nitrogens with zero attached hydrogens (tertiary/aromatic N) is 3. The van der Waals surface area contributed by atoms with Crippen LogP contribution in [0, 0.1) is 35.5 Å². The maximum atomic E-state index is 12.8.